The average Bonchev–Trinajstić information content (AvgIpc) is 3.72. The van der Waals surface area contributed by atoms with E-state index in [0.29, 0.717) is 0 Å². The highest BCUT2D eigenvalue weighted by atomic mass is 35.5. The first-order chi connectivity index (χ1) is 25.7. The zero-order valence-electron chi connectivity index (χ0n) is 28.2. The maximum absolute atomic E-state index is 6.54. The van der Waals surface area contributed by atoms with Crippen molar-refractivity contribution in [3.05, 3.63) is 199 Å². The van der Waals surface area contributed by atoms with Gasteiger partial charge in [-0.1, -0.05) is 145 Å². The molecule has 0 fully saturated rings. The van der Waals surface area contributed by atoms with Crippen LogP contribution in [0.4, 0.5) is 17.1 Å². The van der Waals surface area contributed by atoms with E-state index in [1.165, 1.54) is 57.6 Å². The minimum absolute atomic E-state index is 0.746. The maximum Gasteiger partial charge on any atom is 0.180 e. The van der Waals surface area contributed by atoms with Crippen molar-refractivity contribution < 1.29 is 0 Å². The zero-order chi connectivity index (χ0) is 34.6. The predicted octanol–water partition coefficient (Wildman–Crippen LogP) is 11.2. The highest BCUT2D eigenvalue weighted by Gasteiger charge is 2.49. The summed E-state index contributed by atoms with van der Waals surface area (Å²) >= 11 is 8.40. The number of hydrogen-bond donors (Lipinski definition) is 0. The Labute approximate surface area is 313 Å². The molecule has 0 saturated carbocycles. The molecule has 0 amide bonds. The van der Waals surface area contributed by atoms with E-state index in [4.69, 9.17) is 11.6 Å². The number of halogens is 1. The Balaban J connectivity index is 1.24. The summed E-state index contributed by atoms with van der Waals surface area (Å²) < 4.78 is 2.62. The van der Waals surface area contributed by atoms with Crippen LogP contribution in [0.2, 0.25) is 5.02 Å². The van der Waals surface area contributed by atoms with Gasteiger partial charge in [-0.2, -0.15) is 0 Å². The molecule has 9 aromatic rings. The van der Waals surface area contributed by atoms with Gasteiger partial charge in [0.1, 0.15) is 0 Å². The summed E-state index contributed by atoms with van der Waals surface area (Å²) in [7, 11) is -2.73. The van der Waals surface area contributed by atoms with Gasteiger partial charge in [-0.3, -0.25) is 0 Å². The van der Waals surface area contributed by atoms with Crippen molar-refractivity contribution in [3.63, 3.8) is 0 Å². The van der Waals surface area contributed by atoms with E-state index >= 15 is 0 Å². The number of hydrogen-bond acceptors (Lipinski definition) is 2. The fraction of sp³-hybridized carbons (Fsp3) is 0. The summed E-state index contributed by atoms with van der Waals surface area (Å²) in [5.74, 6) is 0. The maximum atomic E-state index is 6.54. The third-order valence-electron chi connectivity index (χ3n) is 10.6. The summed E-state index contributed by atoms with van der Waals surface area (Å²) in [6.07, 6.45) is 0. The molecule has 2 heterocycles. The van der Waals surface area contributed by atoms with E-state index < -0.39 is 8.07 Å². The van der Waals surface area contributed by atoms with Crippen LogP contribution in [-0.2, 0) is 0 Å². The zero-order valence-corrected chi connectivity index (χ0v) is 30.8. The van der Waals surface area contributed by atoms with Crippen molar-refractivity contribution in [1.82, 2.24) is 0 Å². The highest BCUT2D eigenvalue weighted by molar-refractivity contribution is 7.25. The second-order valence-electron chi connectivity index (χ2n) is 13.4. The van der Waals surface area contributed by atoms with Crippen LogP contribution < -0.4 is 25.6 Å². The fourth-order valence-electron chi connectivity index (χ4n) is 8.35. The number of fused-ring (bicyclic) bond motifs is 6. The third-order valence-corrected chi connectivity index (χ3v) is 16.8. The molecule has 1 aliphatic heterocycles. The Kier molecular flexibility index (Phi) is 7.47. The van der Waals surface area contributed by atoms with Gasteiger partial charge in [-0.05, 0) is 104 Å². The predicted molar refractivity (Wildman–Crippen MR) is 227 cm³/mol. The molecule has 0 saturated heterocycles. The van der Waals surface area contributed by atoms with Crippen LogP contribution in [0, 0.1) is 0 Å². The van der Waals surface area contributed by atoms with Gasteiger partial charge in [-0.25, -0.2) is 0 Å². The van der Waals surface area contributed by atoms with Crippen molar-refractivity contribution in [2.45, 2.75) is 0 Å². The van der Waals surface area contributed by atoms with Gasteiger partial charge in [-0.15, -0.1) is 11.3 Å². The smallest absolute Gasteiger partial charge is 0.180 e. The van der Waals surface area contributed by atoms with E-state index in [1.54, 1.807) is 0 Å². The lowest BCUT2D eigenvalue weighted by molar-refractivity contribution is 1.29. The second kappa shape index (κ2) is 12.5. The summed E-state index contributed by atoms with van der Waals surface area (Å²) in [6.45, 7) is 0. The molecule has 52 heavy (non-hydrogen) atoms. The molecule has 10 rings (SSSR count). The van der Waals surface area contributed by atoms with Crippen LogP contribution in [0.15, 0.2) is 194 Å². The molecule has 8 aromatic carbocycles. The van der Waals surface area contributed by atoms with E-state index in [-0.39, 0.29) is 0 Å². The fourth-order valence-corrected chi connectivity index (χ4v) is 14.8. The third kappa shape index (κ3) is 4.89. The Morgan fingerprint density at radius 1 is 0.404 bits per heavy atom. The van der Waals surface area contributed by atoms with Crippen LogP contribution in [-0.4, -0.2) is 8.07 Å². The van der Waals surface area contributed by atoms with Gasteiger partial charge in [0.25, 0.3) is 0 Å². The van der Waals surface area contributed by atoms with Gasteiger partial charge in [0.2, 0.25) is 0 Å². The van der Waals surface area contributed by atoms with Crippen molar-refractivity contribution in [2.75, 3.05) is 4.90 Å². The standard InChI is InChI=1S/C48H32ClNSSi/c49-35-14-12-13-33(29-35)34-23-26-42-44-32-38(25-28-47(44)52(48(42)30-34,39-17-6-2-7-18-39)40-19-8-3-9-20-40)50(36-15-4-1-5-16-36)37-24-27-46-43(31-37)41-21-10-11-22-45(41)51-46/h1-32H. The number of thiophene rings is 1. The van der Waals surface area contributed by atoms with Crippen molar-refractivity contribution >= 4 is 89.0 Å². The molecular weight excluding hydrogens is 686 g/mol. The SMILES string of the molecule is Clc1cccc(-c2ccc3c(c2)[Si](c2ccccc2)(c2ccccc2)c2ccc(N(c4ccccc4)c4ccc5sc6ccccc6c5c4)cc2-3)c1. The van der Waals surface area contributed by atoms with Crippen LogP contribution in [0.25, 0.3) is 42.4 Å². The van der Waals surface area contributed by atoms with Gasteiger partial charge < -0.3 is 4.90 Å². The Hall–Kier alpha value is -5.71. The van der Waals surface area contributed by atoms with Crippen molar-refractivity contribution in [1.29, 1.82) is 0 Å². The molecule has 0 radical (unpaired) electrons. The van der Waals surface area contributed by atoms with E-state index in [2.05, 4.69) is 187 Å². The first-order valence-electron chi connectivity index (χ1n) is 17.6. The molecule has 0 atom stereocenters. The molecule has 4 heteroatoms. The summed E-state index contributed by atoms with van der Waals surface area (Å²) in [6, 6.07) is 71.4. The monoisotopic (exact) mass is 717 g/mol. The lowest BCUT2D eigenvalue weighted by Crippen LogP contribution is -2.72. The summed E-state index contributed by atoms with van der Waals surface area (Å²) in [4.78, 5) is 2.42. The number of nitrogens with zero attached hydrogens (tertiary/aromatic N) is 1. The Bertz CT molecular complexity index is 2720. The van der Waals surface area contributed by atoms with Crippen molar-refractivity contribution in [3.8, 4) is 22.3 Å². The minimum Gasteiger partial charge on any atom is -0.310 e. The minimum atomic E-state index is -2.73. The highest BCUT2D eigenvalue weighted by Crippen LogP contribution is 2.42. The average molecular weight is 718 g/mol. The summed E-state index contributed by atoms with van der Waals surface area (Å²) in [5.41, 5.74) is 8.32. The van der Waals surface area contributed by atoms with Gasteiger partial charge in [0.05, 0.1) is 0 Å². The molecule has 1 aromatic heterocycles. The van der Waals surface area contributed by atoms with E-state index in [9.17, 15) is 0 Å². The molecular formula is C48H32ClNSSi. The second-order valence-corrected chi connectivity index (χ2v) is 18.7. The molecule has 0 spiro atoms. The lowest BCUT2D eigenvalue weighted by atomic mass is 9.99. The van der Waals surface area contributed by atoms with Crippen LogP contribution >= 0.6 is 22.9 Å². The number of benzene rings is 8. The molecule has 1 aliphatic rings. The molecule has 0 aliphatic carbocycles. The largest absolute Gasteiger partial charge is 0.310 e. The normalized spacial score (nSPS) is 12.9. The molecule has 246 valence electrons. The van der Waals surface area contributed by atoms with Gasteiger partial charge >= 0.3 is 0 Å². The summed E-state index contributed by atoms with van der Waals surface area (Å²) in [5, 5.41) is 8.93. The van der Waals surface area contributed by atoms with E-state index in [1.807, 2.05) is 23.5 Å². The molecule has 1 nitrogen and oxygen atoms in total. The Morgan fingerprint density at radius 3 is 1.79 bits per heavy atom. The first-order valence-corrected chi connectivity index (χ1v) is 20.8. The molecule has 0 unspecified atom stereocenters. The lowest BCUT2D eigenvalue weighted by Gasteiger charge is -2.32. The van der Waals surface area contributed by atoms with Crippen molar-refractivity contribution in [2.24, 2.45) is 0 Å². The molecule has 0 bridgehead atoms. The Morgan fingerprint density at radius 2 is 1.04 bits per heavy atom. The number of anilines is 3. The van der Waals surface area contributed by atoms with Crippen LogP contribution in [0.5, 0.6) is 0 Å². The number of para-hydroxylation sites is 1. The van der Waals surface area contributed by atoms with Crippen LogP contribution in [0.3, 0.4) is 0 Å². The van der Waals surface area contributed by atoms with Gasteiger partial charge in [0.15, 0.2) is 8.07 Å². The first kappa shape index (κ1) is 31.1. The van der Waals surface area contributed by atoms with Gasteiger partial charge in [0, 0.05) is 42.3 Å². The van der Waals surface area contributed by atoms with Crippen LogP contribution in [0.1, 0.15) is 0 Å². The topological polar surface area (TPSA) is 3.24 Å². The molecule has 0 N–H and O–H groups in total. The quantitative estimate of drug-likeness (QED) is 0.155. The van der Waals surface area contributed by atoms with E-state index in [0.717, 1.165) is 27.6 Å². The number of rotatable bonds is 6.